The Hall–Kier alpha value is -1.26. The number of hydrogen-bond acceptors (Lipinski definition) is 4. The van der Waals surface area contributed by atoms with Crippen LogP contribution in [0.15, 0.2) is 18.2 Å². The maximum absolute atomic E-state index is 6.30. The Kier molecular flexibility index (Phi) is 5.21. The summed E-state index contributed by atoms with van der Waals surface area (Å²) in [6, 6.07) is 6.37. The zero-order valence-corrected chi connectivity index (χ0v) is 13.8. The first-order valence-corrected chi connectivity index (χ1v) is 8.50. The number of methoxy groups -OCH3 is 1. The minimum atomic E-state index is 0.274. The van der Waals surface area contributed by atoms with E-state index in [4.69, 9.17) is 9.47 Å². The van der Waals surface area contributed by atoms with E-state index in [1.807, 2.05) is 0 Å². The van der Waals surface area contributed by atoms with Crippen LogP contribution in [-0.2, 0) is 0 Å². The lowest BCUT2D eigenvalue weighted by atomic mass is 9.89. The minimum absolute atomic E-state index is 0.274. The molecule has 1 aromatic rings. The van der Waals surface area contributed by atoms with Crippen LogP contribution in [0.4, 0.5) is 0 Å². The Bertz CT molecular complexity index is 486. The summed E-state index contributed by atoms with van der Waals surface area (Å²) in [6.45, 7) is 4.35. The molecular formula is C18H28N2O2. The monoisotopic (exact) mass is 304 g/mol. The van der Waals surface area contributed by atoms with Crippen molar-refractivity contribution in [3.8, 4) is 11.5 Å². The molecule has 1 N–H and O–H groups in total. The zero-order valence-electron chi connectivity index (χ0n) is 13.8. The number of piperidine rings is 2. The van der Waals surface area contributed by atoms with Crippen LogP contribution in [0.5, 0.6) is 11.5 Å². The average Bonchev–Trinajstić information content (AvgIpc) is 2.55. The van der Waals surface area contributed by atoms with E-state index in [2.05, 4.69) is 35.5 Å². The number of likely N-dealkylation sites (tertiary alicyclic amines) is 1. The van der Waals surface area contributed by atoms with E-state index in [9.17, 15) is 0 Å². The van der Waals surface area contributed by atoms with Gasteiger partial charge in [-0.2, -0.15) is 0 Å². The predicted molar refractivity (Wildman–Crippen MR) is 89.0 cm³/mol. The van der Waals surface area contributed by atoms with Crippen molar-refractivity contribution >= 4 is 0 Å². The van der Waals surface area contributed by atoms with Crippen LogP contribution >= 0.6 is 0 Å². The van der Waals surface area contributed by atoms with E-state index in [1.54, 1.807) is 7.11 Å². The molecule has 2 fully saturated rings. The van der Waals surface area contributed by atoms with Crippen LogP contribution in [-0.4, -0.2) is 51.3 Å². The third-order valence-electron chi connectivity index (χ3n) is 4.87. The van der Waals surface area contributed by atoms with Gasteiger partial charge in [0.1, 0.15) is 6.10 Å². The van der Waals surface area contributed by atoms with Crippen molar-refractivity contribution in [2.75, 3.05) is 40.3 Å². The lowest BCUT2D eigenvalue weighted by molar-refractivity contribution is 0.101. The van der Waals surface area contributed by atoms with Gasteiger partial charge in [-0.05, 0) is 64.3 Å². The van der Waals surface area contributed by atoms with Crippen molar-refractivity contribution in [2.45, 2.75) is 37.7 Å². The summed E-state index contributed by atoms with van der Waals surface area (Å²) >= 11 is 0. The number of rotatable bonds is 4. The summed E-state index contributed by atoms with van der Waals surface area (Å²) in [5, 5.41) is 3.43. The molecule has 1 unspecified atom stereocenters. The highest BCUT2D eigenvalue weighted by molar-refractivity contribution is 5.48. The number of benzene rings is 1. The molecule has 2 aliphatic rings. The maximum atomic E-state index is 6.30. The molecule has 0 bridgehead atoms. The SMILES string of the molecule is COc1c(OC2CCCN(C)C2)cccc1C1CCNCC1. The van der Waals surface area contributed by atoms with Crippen molar-refractivity contribution in [3.05, 3.63) is 23.8 Å². The van der Waals surface area contributed by atoms with E-state index in [1.165, 1.54) is 31.4 Å². The number of nitrogens with zero attached hydrogens (tertiary/aromatic N) is 1. The van der Waals surface area contributed by atoms with Crippen molar-refractivity contribution in [2.24, 2.45) is 0 Å². The van der Waals surface area contributed by atoms with Crippen molar-refractivity contribution < 1.29 is 9.47 Å². The number of hydrogen-bond donors (Lipinski definition) is 1. The van der Waals surface area contributed by atoms with Crippen LogP contribution in [0, 0.1) is 0 Å². The van der Waals surface area contributed by atoms with Gasteiger partial charge in [0.15, 0.2) is 11.5 Å². The van der Waals surface area contributed by atoms with Gasteiger partial charge >= 0.3 is 0 Å². The Morgan fingerprint density at radius 3 is 2.73 bits per heavy atom. The highest BCUT2D eigenvalue weighted by Gasteiger charge is 2.24. The molecule has 0 amide bonds. The maximum Gasteiger partial charge on any atom is 0.164 e. The molecule has 0 spiro atoms. The summed E-state index contributed by atoms with van der Waals surface area (Å²) in [7, 11) is 3.93. The third kappa shape index (κ3) is 3.55. The summed E-state index contributed by atoms with van der Waals surface area (Å²) in [5.74, 6) is 2.44. The largest absolute Gasteiger partial charge is 0.493 e. The second kappa shape index (κ2) is 7.34. The van der Waals surface area contributed by atoms with E-state index in [-0.39, 0.29) is 6.10 Å². The van der Waals surface area contributed by atoms with E-state index < -0.39 is 0 Å². The quantitative estimate of drug-likeness (QED) is 0.927. The van der Waals surface area contributed by atoms with Crippen LogP contribution < -0.4 is 14.8 Å². The van der Waals surface area contributed by atoms with Gasteiger partial charge in [0.2, 0.25) is 0 Å². The molecule has 0 saturated carbocycles. The first kappa shape index (κ1) is 15.6. The summed E-state index contributed by atoms with van der Waals surface area (Å²) < 4.78 is 12.0. The lowest BCUT2D eigenvalue weighted by Crippen LogP contribution is -2.38. The second-order valence-corrected chi connectivity index (χ2v) is 6.55. The molecule has 0 aliphatic carbocycles. The summed E-state index contributed by atoms with van der Waals surface area (Å²) in [6.07, 6.45) is 4.96. The highest BCUT2D eigenvalue weighted by Crippen LogP contribution is 2.39. The predicted octanol–water partition coefficient (Wildman–Crippen LogP) is 2.64. The molecule has 4 heteroatoms. The Labute approximate surface area is 133 Å². The fourth-order valence-electron chi connectivity index (χ4n) is 3.69. The van der Waals surface area contributed by atoms with Gasteiger partial charge in [-0.15, -0.1) is 0 Å². The number of para-hydroxylation sites is 1. The Balaban J connectivity index is 1.78. The molecule has 122 valence electrons. The molecule has 2 heterocycles. The zero-order chi connectivity index (χ0) is 15.4. The number of nitrogens with one attached hydrogen (secondary N) is 1. The fourth-order valence-corrected chi connectivity index (χ4v) is 3.69. The molecule has 1 aromatic carbocycles. The van der Waals surface area contributed by atoms with Gasteiger partial charge in [0.05, 0.1) is 7.11 Å². The second-order valence-electron chi connectivity index (χ2n) is 6.55. The lowest BCUT2D eigenvalue weighted by Gasteiger charge is -2.31. The van der Waals surface area contributed by atoms with Crippen LogP contribution in [0.2, 0.25) is 0 Å². The molecule has 2 saturated heterocycles. The first-order chi connectivity index (χ1) is 10.8. The molecule has 1 atom stereocenters. The van der Waals surface area contributed by atoms with Gasteiger partial charge in [-0.25, -0.2) is 0 Å². The summed E-state index contributed by atoms with van der Waals surface area (Å²) in [5.41, 5.74) is 1.31. The topological polar surface area (TPSA) is 33.7 Å². The van der Waals surface area contributed by atoms with Crippen LogP contribution in [0.25, 0.3) is 0 Å². The van der Waals surface area contributed by atoms with Crippen molar-refractivity contribution in [1.29, 1.82) is 0 Å². The summed E-state index contributed by atoms with van der Waals surface area (Å²) in [4.78, 5) is 2.34. The molecule has 3 rings (SSSR count). The van der Waals surface area contributed by atoms with E-state index >= 15 is 0 Å². The van der Waals surface area contributed by atoms with E-state index in [0.717, 1.165) is 37.6 Å². The molecule has 2 aliphatic heterocycles. The van der Waals surface area contributed by atoms with E-state index in [0.29, 0.717) is 5.92 Å². The highest BCUT2D eigenvalue weighted by atomic mass is 16.5. The Morgan fingerprint density at radius 2 is 2.00 bits per heavy atom. The standard InChI is InChI=1S/C18H28N2O2/c1-20-12-4-5-15(13-20)22-17-7-3-6-16(18(17)21-2)14-8-10-19-11-9-14/h3,6-7,14-15,19H,4-5,8-13H2,1-2H3. The Morgan fingerprint density at radius 1 is 1.18 bits per heavy atom. The number of likely N-dealkylation sites (N-methyl/N-ethyl adjacent to an activating group) is 1. The van der Waals surface area contributed by atoms with Gasteiger partial charge in [-0.1, -0.05) is 12.1 Å². The minimum Gasteiger partial charge on any atom is -0.493 e. The fraction of sp³-hybridized carbons (Fsp3) is 0.667. The normalized spacial score (nSPS) is 24.2. The van der Waals surface area contributed by atoms with Gasteiger partial charge in [0.25, 0.3) is 0 Å². The van der Waals surface area contributed by atoms with Crippen LogP contribution in [0.1, 0.15) is 37.2 Å². The van der Waals surface area contributed by atoms with Gasteiger partial charge in [-0.3, -0.25) is 0 Å². The molecule has 4 nitrogen and oxygen atoms in total. The number of ether oxygens (including phenoxy) is 2. The van der Waals surface area contributed by atoms with Crippen molar-refractivity contribution in [1.82, 2.24) is 10.2 Å². The van der Waals surface area contributed by atoms with Crippen LogP contribution in [0.3, 0.4) is 0 Å². The molecule has 0 radical (unpaired) electrons. The average molecular weight is 304 g/mol. The van der Waals surface area contributed by atoms with Gasteiger partial charge < -0.3 is 19.7 Å². The molecular weight excluding hydrogens is 276 g/mol. The molecule has 22 heavy (non-hydrogen) atoms. The first-order valence-electron chi connectivity index (χ1n) is 8.50. The molecule has 0 aromatic heterocycles. The van der Waals surface area contributed by atoms with Crippen molar-refractivity contribution in [3.63, 3.8) is 0 Å². The smallest absolute Gasteiger partial charge is 0.164 e. The van der Waals surface area contributed by atoms with Gasteiger partial charge in [0, 0.05) is 12.1 Å². The third-order valence-corrected chi connectivity index (χ3v) is 4.87.